The second-order valence-electron chi connectivity index (χ2n) is 6.05. The van der Waals surface area contributed by atoms with Crippen LogP contribution in [-0.4, -0.2) is 31.3 Å². The van der Waals surface area contributed by atoms with Crippen molar-refractivity contribution in [3.05, 3.63) is 65.1 Å². The Morgan fingerprint density at radius 2 is 1.78 bits per heavy atom. The number of hydrogen-bond acceptors (Lipinski definition) is 5. The molecule has 3 aromatic rings. The van der Waals surface area contributed by atoms with E-state index >= 15 is 0 Å². The molecule has 1 aromatic heterocycles. The fourth-order valence-electron chi connectivity index (χ4n) is 2.68. The van der Waals surface area contributed by atoms with Crippen LogP contribution in [0.5, 0.6) is 11.5 Å². The number of hydrogen-bond donors (Lipinski definition) is 0. The van der Waals surface area contributed by atoms with Gasteiger partial charge < -0.3 is 14.2 Å². The fraction of sp³-hybridized carbons (Fsp3) is 0.238. The van der Waals surface area contributed by atoms with Crippen molar-refractivity contribution in [2.45, 2.75) is 13.8 Å². The molecule has 0 aliphatic heterocycles. The third-order valence-corrected chi connectivity index (χ3v) is 4.28. The number of fused-ring (bicyclic) bond motifs is 1. The molecule has 140 valence electrons. The number of methoxy groups -OCH3 is 1. The van der Waals surface area contributed by atoms with E-state index in [0.29, 0.717) is 23.3 Å². The van der Waals surface area contributed by atoms with E-state index in [1.54, 1.807) is 0 Å². The first-order valence-electron chi connectivity index (χ1n) is 8.50. The van der Waals surface area contributed by atoms with E-state index in [1.807, 2.05) is 32.0 Å². The van der Waals surface area contributed by atoms with Gasteiger partial charge in [0.15, 0.2) is 5.69 Å². The number of ether oxygens (including phenoxy) is 3. The Kier molecular flexibility index (Phi) is 5.54. The Labute approximate surface area is 156 Å². The van der Waals surface area contributed by atoms with Crippen molar-refractivity contribution in [3.8, 4) is 11.5 Å². The zero-order valence-corrected chi connectivity index (χ0v) is 15.4. The Hall–Kier alpha value is -3.15. The molecule has 0 N–H and O–H groups in total. The average Bonchev–Trinajstić information content (AvgIpc) is 2.67. The molecule has 3 rings (SSSR count). The van der Waals surface area contributed by atoms with E-state index in [1.165, 1.54) is 31.4 Å². The summed E-state index contributed by atoms with van der Waals surface area (Å²) in [6.45, 7) is 4.54. The number of pyridine rings is 1. The summed E-state index contributed by atoms with van der Waals surface area (Å²) in [6, 6.07) is 11.4. The van der Waals surface area contributed by atoms with E-state index in [9.17, 15) is 9.18 Å². The maximum absolute atomic E-state index is 13.6. The van der Waals surface area contributed by atoms with Crippen LogP contribution in [0, 0.1) is 19.7 Å². The lowest BCUT2D eigenvalue weighted by atomic mass is 10.1. The zero-order chi connectivity index (χ0) is 19.4. The normalized spacial score (nSPS) is 10.7. The highest BCUT2D eigenvalue weighted by atomic mass is 19.1. The molecule has 0 aliphatic carbocycles. The second-order valence-corrected chi connectivity index (χ2v) is 6.05. The van der Waals surface area contributed by atoms with Gasteiger partial charge >= 0.3 is 5.97 Å². The molecule has 0 amide bonds. The van der Waals surface area contributed by atoms with Crippen LogP contribution in [0.2, 0.25) is 0 Å². The summed E-state index contributed by atoms with van der Waals surface area (Å²) < 4.78 is 29.9. The van der Waals surface area contributed by atoms with Gasteiger partial charge in [-0.1, -0.05) is 12.1 Å². The van der Waals surface area contributed by atoms with Crippen molar-refractivity contribution >= 4 is 16.9 Å². The predicted octanol–water partition coefficient (Wildman–Crippen LogP) is 4.24. The molecule has 2 aromatic carbocycles. The van der Waals surface area contributed by atoms with Gasteiger partial charge in [-0.05, 0) is 49.2 Å². The molecule has 1 heterocycles. The van der Waals surface area contributed by atoms with Gasteiger partial charge in [-0.3, -0.25) is 0 Å². The van der Waals surface area contributed by atoms with Crippen LogP contribution in [0.25, 0.3) is 10.9 Å². The smallest absolute Gasteiger partial charge is 0.356 e. The Bertz CT molecular complexity index is 987. The standard InChI is InChI=1S/C21H20FNO4/c1-13-5-4-6-19(14(13)2)26-9-10-27-20-12-18(21(24)25-3)23-17-8-7-15(22)11-16(17)20/h4-8,11-12H,9-10H2,1-3H3. The summed E-state index contributed by atoms with van der Waals surface area (Å²) in [4.78, 5) is 16.0. The van der Waals surface area contributed by atoms with Gasteiger partial charge in [0.1, 0.15) is 30.5 Å². The van der Waals surface area contributed by atoms with Crippen molar-refractivity contribution in [1.29, 1.82) is 0 Å². The molecule has 0 unspecified atom stereocenters. The third-order valence-electron chi connectivity index (χ3n) is 4.28. The summed E-state index contributed by atoms with van der Waals surface area (Å²) in [5.74, 6) is 0.147. The van der Waals surface area contributed by atoms with Gasteiger partial charge in [-0.2, -0.15) is 0 Å². The van der Waals surface area contributed by atoms with Crippen LogP contribution >= 0.6 is 0 Å². The molecular weight excluding hydrogens is 349 g/mol. The zero-order valence-electron chi connectivity index (χ0n) is 15.4. The van der Waals surface area contributed by atoms with Crippen molar-refractivity contribution in [3.63, 3.8) is 0 Å². The average molecular weight is 369 g/mol. The van der Waals surface area contributed by atoms with Crippen molar-refractivity contribution in [2.24, 2.45) is 0 Å². The first kappa shape index (κ1) is 18.6. The maximum atomic E-state index is 13.6. The summed E-state index contributed by atoms with van der Waals surface area (Å²) in [5.41, 5.74) is 2.76. The number of esters is 1. The molecule has 0 bridgehead atoms. The van der Waals surface area contributed by atoms with Gasteiger partial charge in [0.05, 0.1) is 12.6 Å². The summed E-state index contributed by atoms with van der Waals surface area (Å²) >= 11 is 0. The van der Waals surface area contributed by atoms with Gasteiger partial charge in [0, 0.05) is 11.5 Å². The second kappa shape index (κ2) is 8.03. The van der Waals surface area contributed by atoms with Gasteiger partial charge in [-0.25, -0.2) is 14.2 Å². The molecule has 27 heavy (non-hydrogen) atoms. The topological polar surface area (TPSA) is 57.7 Å². The molecular formula is C21H20FNO4. The molecule has 5 nitrogen and oxygen atoms in total. The van der Waals surface area contributed by atoms with Gasteiger partial charge in [-0.15, -0.1) is 0 Å². The number of aromatic nitrogens is 1. The molecule has 0 fully saturated rings. The first-order chi connectivity index (χ1) is 13.0. The highest BCUT2D eigenvalue weighted by Crippen LogP contribution is 2.27. The number of halogens is 1. The van der Waals surface area contributed by atoms with Gasteiger partial charge in [0.25, 0.3) is 0 Å². The third kappa shape index (κ3) is 4.16. The minimum atomic E-state index is -0.585. The quantitative estimate of drug-likeness (QED) is 0.481. The summed E-state index contributed by atoms with van der Waals surface area (Å²) in [5, 5.41) is 0.481. The predicted molar refractivity (Wildman–Crippen MR) is 99.9 cm³/mol. The number of rotatable bonds is 6. The number of aryl methyl sites for hydroxylation is 1. The first-order valence-corrected chi connectivity index (χ1v) is 8.50. The van der Waals surface area contributed by atoms with Crippen LogP contribution in [0.3, 0.4) is 0 Å². The Balaban J connectivity index is 1.78. The highest BCUT2D eigenvalue weighted by Gasteiger charge is 2.14. The summed E-state index contributed by atoms with van der Waals surface area (Å²) in [7, 11) is 1.28. The Morgan fingerprint density at radius 3 is 2.52 bits per heavy atom. The van der Waals surface area contributed by atoms with Crippen molar-refractivity contribution < 1.29 is 23.4 Å². The van der Waals surface area contributed by atoms with Crippen LogP contribution in [0.15, 0.2) is 42.5 Å². The number of carbonyl (C=O) groups is 1. The van der Waals surface area contributed by atoms with Crippen LogP contribution < -0.4 is 9.47 Å². The SMILES string of the molecule is COC(=O)c1cc(OCCOc2cccc(C)c2C)c2cc(F)ccc2n1. The molecule has 0 aliphatic rings. The van der Waals surface area contributed by atoms with E-state index in [4.69, 9.17) is 14.2 Å². The molecule has 0 spiro atoms. The van der Waals surface area contributed by atoms with Crippen LogP contribution in [-0.2, 0) is 4.74 Å². The number of carbonyl (C=O) groups excluding carboxylic acids is 1. The summed E-state index contributed by atoms with van der Waals surface area (Å²) in [6.07, 6.45) is 0. The maximum Gasteiger partial charge on any atom is 0.356 e. The Morgan fingerprint density at radius 1 is 1.04 bits per heavy atom. The minimum Gasteiger partial charge on any atom is -0.490 e. The van der Waals surface area contributed by atoms with E-state index < -0.39 is 11.8 Å². The number of benzene rings is 2. The molecule has 0 saturated carbocycles. The molecule has 6 heteroatoms. The van der Waals surface area contributed by atoms with Crippen molar-refractivity contribution in [1.82, 2.24) is 4.98 Å². The molecule has 0 atom stereocenters. The van der Waals surface area contributed by atoms with Crippen LogP contribution in [0.4, 0.5) is 4.39 Å². The van der Waals surface area contributed by atoms with Crippen molar-refractivity contribution in [2.75, 3.05) is 20.3 Å². The number of nitrogens with zero attached hydrogens (tertiary/aromatic N) is 1. The lowest BCUT2D eigenvalue weighted by molar-refractivity contribution is 0.0594. The molecule has 0 radical (unpaired) electrons. The highest BCUT2D eigenvalue weighted by molar-refractivity contribution is 5.94. The monoisotopic (exact) mass is 369 g/mol. The fourth-order valence-corrected chi connectivity index (χ4v) is 2.68. The van der Waals surface area contributed by atoms with E-state index in [-0.39, 0.29) is 12.3 Å². The minimum absolute atomic E-state index is 0.0991. The molecule has 0 saturated heterocycles. The lowest BCUT2D eigenvalue weighted by Crippen LogP contribution is -2.11. The van der Waals surface area contributed by atoms with Gasteiger partial charge in [0.2, 0.25) is 0 Å². The largest absolute Gasteiger partial charge is 0.490 e. The van der Waals surface area contributed by atoms with Crippen LogP contribution in [0.1, 0.15) is 21.6 Å². The van der Waals surface area contributed by atoms with E-state index in [2.05, 4.69) is 4.98 Å². The lowest BCUT2D eigenvalue weighted by Gasteiger charge is -2.13. The van der Waals surface area contributed by atoms with E-state index in [0.717, 1.165) is 16.9 Å².